The number of benzene rings is 2. The van der Waals surface area contributed by atoms with Gasteiger partial charge in [0.2, 0.25) is 0 Å². The molecule has 0 saturated carbocycles. The Kier molecular flexibility index (Phi) is 5.84. The number of carbonyl (C=O) groups is 2. The molecule has 2 aromatic carbocycles. The molecule has 0 saturated heterocycles. The molecule has 0 N–H and O–H groups in total. The monoisotopic (exact) mass is 345 g/mol. The van der Waals surface area contributed by atoms with E-state index in [1.54, 1.807) is 0 Å². The fraction of sp³-hybridized carbons (Fsp3) is 0.167. The first-order chi connectivity index (χ1) is 12.0. The molecule has 2 rings (SSSR count). The highest BCUT2D eigenvalue weighted by atomic mass is 19.1. The van der Waals surface area contributed by atoms with Crippen LogP contribution in [0.3, 0.4) is 0 Å². The smallest absolute Gasteiger partial charge is 0.338 e. The lowest BCUT2D eigenvalue weighted by molar-refractivity contribution is 0.0599. The molecule has 0 aromatic heterocycles. The first-order valence-corrected chi connectivity index (χ1v) is 7.20. The highest BCUT2D eigenvalue weighted by Gasteiger charge is 2.21. The molecule has 0 unspecified atom stereocenters. The number of carbonyl (C=O) groups excluding carboxylic acids is 2. The third-order valence-corrected chi connectivity index (χ3v) is 3.40. The standard InChI is InChI=1S/C18H16FNO5/c1-23-17(21)12-6-9-14(15(10-12)18(22)24-2)16(20-25-3)11-4-7-13(19)8-5-11/h4-10H,1-3H3/b20-16+. The Morgan fingerprint density at radius 1 is 0.840 bits per heavy atom. The molecule has 0 aliphatic rings. The van der Waals surface area contributed by atoms with Crippen LogP contribution < -0.4 is 0 Å². The quantitative estimate of drug-likeness (QED) is 0.473. The van der Waals surface area contributed by atoms with Crippen molar-refractivity contribution in [3.05, 3.63) is 70.5 Å². The van der Waals surface area contributed by atoms with Gasteiger partial charge in [0.05, 0.1) is 25.3 Å². The summed E-state index contributed by atoms with van der Waals surface area (Å²) < 4.78 is 22.6. The second-order valence-electron chi connectivity index (χ2n) is 4.87. The predicted molar refractivity (Wildman–Crippen MR) is 88.2 cm³/mol. The van der Waals surface area contributed by atoms with Crippen molar-refractivity contribution in [1.82, 2.24) is 0 Å². The first-order valence-electron chi connectivity index (χ1n) is 7.20. The van der Waals surface area contributed by atoms with Crippen molar-refractivity contribution in [2.75, 3.05) is 21.3 Å². The largest absolute Gasteiger partial charge is 0.465 e. The Balaban J connectivity index is 2.64. The van der Waals surface area contributed by atoms with Crippen molar-refractivity contribution in [2.45, 2.75) is 0 Å². The summed E-state index contributed by atoms with van der Waals surface area (Å²) in [6.07, 6.45) is 0. The van der Waals surface area contributed by atoms with Crippen LogP contribution in [0.25, 0.3) is 0 Å². The normalized spacial score (nSPS) is 11.0. The molecule has 6 nitrogen and oxygen atoms in total. The van der Waals surface area contributed by atoms with E-state index in [1.807, 2.05) is 0 Å². The number of hydrogen-bond donors (Lipinski definition) is 0. The molecule has 0 amide bonds. The van der Waals surface area contributed by atoms with Crippen LogP contribution in [-0.2, 0) is 14.3 Å². The van der Waals surface area contributed by atoms with E-state index in [-0.39, 0.29) is 11.1 Å². The van der Waals surface area contributed by atoms with Crippen LogP contribution in [0.5, 0.6) is 0 Å². The van der Waals surface area contributed by atoms with E-state index >= 15 is 0 Å². The number of ether oxygens (including phenoxy) is 2. The van der Waals surface area contributed by atoms with Gasteiger partial charge in [0.15, 0.2) is 0 Å². The Labute approximate surface area is 143 Å². The summed E-state index contributed by atoms with van der Waals surface area (Å²) in [4.78, 5) is 28.7. The minimum atomic E-state index is -0.660. The molecule has 0 heterocycles. The maximum Gasteiger partial charge on any atom is 0.338 e. The summed E-state index contributed by atoms with van der Waals surface area (Å²) >= 11 is 0. The topological polar surface area (TPSA) is 74.2 Å². The molecule has 0 radical (unpaired) electrons. The Morgan fingerprint density at radius 3 is 2.00 bits per heavy atom. The van der Waals surface area contributed by atoms with Crippen LogP contribution in [0.1, 0.15) is 31.8 Å². The van der Waals surface area contributed by atoms with Gasteiger partial charge >= 0.3 is 11.9 Å². The molecule has 0 spiro atoms. The molecule has 25 heavy (non-hydrogen) atoms. The SMILES string of the molecule is CO/N=C(\c1ccc(F)cc1)c1ccc(C(=O)OC)cc1C(=O)OC. The predicted octanol–water partition coefficient (Wildman–Crippen LogP) is 2.80. The molecular formula is C18H16FNO5. The number of halogens is 1. The third kappa shape index (κ3) is 4.00. The van der Waals surface area contributed by atoms with Crippen LogP contribution >= 0.6 is 0 Å². The maximum absolute atomic E-state index is 13.2. The lowest BCUT2D eigenvalue weighted by Crippen LogP contribution is -2.14. The molecule has 0 aliphatic heterocycles. The zero-order valence-electron chi connectivity index (χ0n) is 13.9. The third-order valence-electron chi connectivity index (χ3n) is 3.40. The van der Waals surface area contributed by atoms with Gasteiger partial charge in [-0.1, -0.05) is 11.2 Å². The number of methoxy groups -OCH3 is 2. The summed E-state index contributed by atoms with van der Waals surface area (Å²) in [5.74, 6) is -1.66. The summed E-state index contributed by atoms with van der Waals surface area (Å²) in [6.45, 7) is 0. The summed E-state index contributed by atoms with van der Waals surface area (Å²) in [5.41, 5.74) is 1.47. The summed E-state index contributed by atoms with van der Waals surface area (Å²) in [7, 11) is 3.82. The van der Waals surface area contributed by atoms with Gasteiger partial charge in [0.1, 0.15) is 18.6 Å². The molecule has 0 atom stereocenters. The lowest BCUT2D eigenvalue weighted by atomic mass is 9.95. The van der Waals surface area contributed by atoms with Crippen molar-refractivity contribution in [3.8, 4) is 0 Å². The average molecular weight is 345 g/mol. The van der Waals surface area contributed by atoms with Gasteiger partial charge in [-0.3, -0.25) is 0 Å². The van der Waals surface area contributed by atoms with Gasteiger partial charge in [-0.15, -0.1) is 0 Å². The number of esters is 2. The molecule has 0 aliphatic carbocycles. The number of hydrogen-bond acceptors (Lipinski definition) is 6. The van der Waals surface area contributed by atoms with Gasteiger partial charge in [0, 0.05) is 11.1 Å². The highest BCUT2D eigenvalue weighted by Crippen LogP contribution is 2.20. The fourth-order valence-corrected chi connectivity index (χ4v) is 2.23. The van der Waals surface area contributed by atoms with E-state index in [1.165, 1.54) is 63.8 Å². The van der Waals surface area contributed by atoms with Crippen molar-refractivity contribution < 1.29 is 28.3 Å². The molecule has 0 fully saturated rings. The highest BCUT2D eigenvalue weighted by molar-refractivity contribution is 6.17. The number of nitrogens with zero attached hydrogens (tertiary/aromatic N) is 1. The molecule has 130 valence electrons. The number of oxime groups is 1. The minimum absolute atomic E-state index is 0.102. The van der Waals surface area contributed by atoms with Crippen molar-refractivity contribution in [3.63, 3.8) is 0 Å². The van der Waals surface area contributed by atoms with E-state index in [9.17, 15) is 14.0 Å². The average Bonchev–Trinajstić information content (AvgIpc) is 2.65. The second-order valence-corrected chi connectivity index (χ2v) is 4.87. The Morgan fingerprint density at radius 2 is 1.44 bits per heavy atom. The van der Waals surface area contributed by atoms with E-state index < -0.39 is 17.8 Å². The molecular weight excluding hydrogens is 329 g/mol. The Hall–Kier alpha value is -3.22. The van der Waals surface area contributed by atoms with Crippen molar-refractivity contribution in [1.29, 1.82) is 0 Å². The van der Waals surface area contributed by atoms with Crippen LogP contribution in [0.15, 0.2) is 47.6 Å². The van der Waals surface area contributed by atoms with Gasteiger partial charge in [-0.2, -0.15) is 0 Å². The van der Waals surface area contributed by atoms with Crippen molar-refractivity contribution in [2.24, 2.45) is 5.16 Å². The van der Waals surface area contributed by atoms with E-state index in [0.29, 0.717) is 16.8 Å². The van der Waals surface area contributed by atoms with Crippen LogP contribution in [-0.4, -0.2) is 39.0 Å². The first kappa shape index (κ1) is 18.1. The van der Waals surface area contributed by atoms with Crippen LogP contribution in [0.2, 0.25) is 0 Å². The van der Waals surface area contributed by atoms with Crippen LogP contribution in [0.4, 0.5) is 4.39 Å². The zero-order valence-corrected chi connectivity index (χ0v) is 13.9. The van der Waals surface area contributed by atoms with Gasteiger partial charge in [-0.05, 0) is 36.4 Å². The van der Waals surface area contributed by atoms with Gasteiger partial charge in [0.25, 0.3) is 0 Å². The van der Waals surface area contributed by atoms with Gasteiger partial charge < -0.3 is 14.3 Å². The lowest BCUT2D eigenvalue weighted by Gasteiger charge is -2.12. The summed E-state index contributed by atoms with van der Waals surface area (Å²) in [6, 6.07) is 9.90. The van der Waals surface area contributed by atoms with E-state index in [2.05, 4.69) is 9.89 Å². The molecule has 7 heteroatoms. The van der Waals surface area contributed by atoms with E-state index in [4.69, 9.17) is 9.57 Å². The molecule has 2 aromatic rings. The fourth-order valence-electron chi connectivity index (χ4n) is 2.23. The molecule has 0 bridgehead atoms. The van der Waals surface area contributed by atoms with Gasteiger partial charge in [-0.25, -0.2) is 14.0 Å². The maximum atomic E-state index is 13.2. The summed E-state index contributed by atoms with van der Waals surface area (Å²) in [5, 5.41) is 3.94. The van der Waals surface area contributed by atoms with Crippen molar-refractivity contribution >= 4 is 17.7 Å². The number of rotatable bonds is 5. The van der Waals surface area contributed by atoms with E-state index in [0.717, 1.165) is 0 Å². The minimum Gasteiger partial charge on any atom is -0.465 e. The van der Waals surface area contributed by atoms with Crippen LogP contribution in [0, 0.1) is 5.82 Å². The zero-order chi connectivity index (χ0) is 18.4. The second kappa shape index (κ2) is 8.05. The Bertz CT molecular complexity index is 815.